The molecule has 1 aromatic rings. The van der Waals surface area contributed by atoms with E-state index in [0.717, 1.165) is 25.0 Å². The highest BCUT2D eigenvalue weighted by molar-refractivity contribution is 5.29. The monoisotopic (exact) mass is 275 g/mol. The Balaban J connectivity index is 1.90. The third-order valence-electron chi connectivity index (χ3n) is 3.18. The molecule has 1 saturated heterocycles. The van der Waals surface area contributed by atoms with Crippen molar-refractivity contribution in [2.75, 3.05) is 13.2 Å². The van der Waals surface area contributed by atoms with Gasteiger partial charge in [0.2, 0.25) is 0 Å². The number of hydrogen-bond donors (Lipinski definition) is 2. The lowest BCUT2D eigenvalue weighted by Crippen LogP contribution is -2.45. The van der Waals surface area contributed by atoms with Crippen molar-refractivity contribution >= 4 is 0 Å². The Hall–Kier alpha value is -1.27. The number of piperidine rings is 1. The Morgan fingerprint density at radius 1 is 1.21 bits per heavy atom. The highest BCUT2D eigenvalue weighted by atomic mass is 19.4. The Morgan fingerprint density at radius 3 is 2.37 bits per heavy atom. The number of halogens is 3. The zero-order valence-corrected chi connectivity index (χ0v) is 10.3. The number of alkyl halides is 3. The van der Waals surface area contributed by atoms with Crippen molar-refractivity contribution in [3.05, 3.63) is 29.8 Å². The molecule has 0 bridgehead atoms. The summed E-state index contributed by atoms with van der Waals surface area (Å²) < 4.78 is 42.8. The van der Waals surface area contributed by atoms with E-state index in [2.05, 4.69) is 5.32 Å². The summed E-state index contributed by atoms with van der Waals surface area (Å²) >= 11 is 0. The van der Waals surface area contributed by atoms with Crippen LogP contribution < -0.4 is 10.1 Å². The third-order valence-corrected chi connectivity index (χ3v) is 3.18. The van der Waals surface area contributed by atoms with E-state index in [0.29, 0.717) is 12.3 Å². The molecule has 2 rings (SSSR count). The average Bonchev–Trinajstić information content (AvgIpc) is 2.39. The number of hydrogen-bond acceptors (Lipinski definition) is 3. The Kier molecular flexibility index (Phi) is 4.31. The first-order valence-electron chi connectivity index (χ1n) is 6.17. The molecule has 1 heterocycles. The molecule has 1 aliphatic heterocycles. The number of ether oxygens (including phenoxy) is 1. The van der Waals surface area contributed by atoms with Crippen LogP contribution in [0.15, 0.2) is 24.3 Å². The lowest BCUT2D eigenvalue weighted by molar-refractivity contribution is -0.137. The predicted molar refractivity (Wildman–Crippen MR) is 64.0 cm³/mol. The molecule has 0 aromatic heterocycles. The second-order valence-electron chi connectivity index (χ2n) is 4.63. The molecule has 1 fully saturated rings. The van der Waals surface area contributed by atoms with Crippen LogP contribution >= 0.6 is 0 Å². The van der Waals surface area contributed by atoms with Crippen LogP contribution in [0.5, 0.6) is 5.75 Å². The summed E-state index contributed by atoms with van der Waals surface area (Å²) in [5, 5.41) is 12.1. The molecule has 106 valence electrons. The summed E-state index contributed by atoms with van der Waals surface area (Å²) in [4.78, 5) is 0. The Bertz CT molecular complexity index is 397. The van der Waals surface area contributed by atoms with E-state index in [-0.39, 0.29) is 18.8 Å². The van der Waals surface area contributed by atoms with Crippen molar-refractivity contribution in [1.29, 1.82) is 0 Å². The minimum atomic E-state index is -4.32. The Morgan fingerprint density at radius 2 is 1.89 bits per heavy atom. The van der Waals surface area contributed by atoms with E-state index >= 15 is 0 Å². The largest absolute Gasteiger partial charge is 0.489 e. The molecular formula is C13H16F3NO2. The van der Waals surface area contributed by atoms with Gasteiger partial charge in [0.25, 0.3) is 0 Å². The summed E-state index contributed by atoms with van der Waals surface area (Å²) in [7, 11) is 0. The maximum atomic E-state index is 12.4. The minimum absolute atomic E-state index is 0.0699. The molecule has 2 N–H and O–H groups in total. The quantitative estimate of drug-likeness (QED) is 0.888. The first-order valence-corrected chi connectivity index (χ1v) is 6.17. The number of benzene rings is 1. The van der Waals surface area contributed by atoms with Gasteiger partial charge in [0.05, 0.1) is 12.2 Å². The Labute approximate surface area is 109 Å². The first kappa shape index (κ1) is 14.1. The SMILES string of the molecule is OC[C@@H]1CC[C@H](Oc2ccc(C(F)(F)F)cc2)CN1. The van der Waals surface area contributed by atoms with Gasteiger partial charge < -0.3 is 15.2 Å². The van der Waals surface area contributed by atoms with Crippen LogP contribution in [0.4, 0.5) is 13.2 Å². The van der Waals surface area contributed by atoms with Crippen LogP contribution in [0.2, 0.25) is 0 Å². The van der Waals surface area contributed by atoms with Crippen molar-refractivity contribution in [2.24, 2.45) is 0 Å². The van der Waals surface area contributed by atoms with Gasteiger partial charge in [-0.1, -0.05) is 0 Å². The van der Waals surface area contributed by atoms with Crippen LogP contribution in [-0.4, -0.2) is 30.4 Å². The van der Waals surface area contributed by atoms with Gasteiger partial charge in [-0.25, -0.2) is 0 Å². The summed E-state index contributed by atoms with van der Waals surface area (Å²) in [5.74, 6) is 0.433. The maximum Gasteiger partial charge on any atom is 0.416 e. The van der Waals surface area contributed by atoms with Gasteiger partial charge in [0.15, 0.2) is 0 Å². The molecule has 0 spiro atoms. The van der Waals surface area contributed by atoms with E-state index < -0.39 is 11.7 Å². The van der Waals surface area contributed by atoms with Crippen LogP contribution in [0, 0.1) is 0 Å². The van der Waals surface area contributed by atoms with Crippen molar-refractivity contribution in [3.8, 4) is 5.75 Å². The van der Waals surface area contributed by atoms with E-state index in [1.54, 1.807) is 0 Å². The summed E-state index contributed by atoms with van der Waals surface area (Å²) in [5.41, 5.74) is -0.679. The topological polar surface area (TPSA) is 41.5 Å². The van der Waals surface area contributed by atoms with Gasteiger partial charge in [-0.05, 0) is 37.1 Å². The van der Waals surface area contributed by atoms with Gasteiger partial charge in [0, 0.05) is 12.6 Å². The van der Waals surface area contributed by atoms with Crippen LogP contribution in [0.1, 0.15) is 18.4 Å². The zero-order valence-electron chi connectivity index (χ0n) is 10.3. The first-order chi connectivity index (χ1) is 8.99. The smallest absolute Gasteiger partial charge is 0.416 e. The van der Waals surface area contributed by atoms with Crippen molar-refractivity contribution in [2.45, 2.75) is 31.2 Å². The standard InChI is InChI=1S/C13H16F3NO2/c14-13(15,16)9-1-4-11(5-2-9)19-12-6-3-10(8-18)17-7-12/h1-2,4-5,10,12,17-18H,3,6-8H2/t10-,12-/m0/s1. The van der Waals surface area contributed by atoms with E-state index in [4.69, 9.17) is 9.84 Å². The molecule has 19 heavy (non-hydrogen) atoms. The van der Waals surface area contributed by atoms with Crippen molar-refractivity contribution in [3.63, 3.8) is 0 Å². The molecule has 0 unspecified atom stereocenters. The molecule has 0 radical (unpaired) electrons. The zero-order chi connectivity index (χ0) is 13.9. The lowest BCUT2D eigenvalue weighted by Gasteiger charge is -2.29. The average molecular weight is 275 g/mol. The van der Waals surface area contributed by atoms with Crippen LogP contribution in [-0.2, 0) is 6.18 Å². The van der Waals surface area contributed by atoms with Crippen LogP contribution in [0.3, 0.4) is 0 Å². The molecule has 0 saturated carbocycles. The molecule has 0 aliphatic carbocycles. The van der Waals surface area contributed by atoms with Crippen molar-refractivity contribution < 1.29 is 23.0 Å². The molecule has 1 aromatic carbocycles. The van der Waals surface area contributed by atoms with Gasteiger partial charge in [0.1, 0.15) is 11.9 Å². The summed E-state index contributed by atoms with van der Waals surface area (Å²) in [6.07, 6.45) is -2.82. The molecular weight excluding hydrogens is 259 g/mol. The molecule has 1 aliphatic rings. The number of aliphatic hydroxyl groups excluding tert-OH is 1. The van der Waals surface area contributed by atoms with Crippen molar-refractivity contribution in [1.82, 2.24) is 5.32 Å². The maximum absolute atomic E-state index is 12.4. The van der Waals surface area contributed by atoms with Gasteiger partial charge in [-0.15, -0.1) is 0 Å². The molecule has 6 heteroatoms. The molecule has 0 amide bonds. The third kappa shape index (κ3) is 3.84. The molecule has 3 nitrogen and oxygen atoms in total. The second-order valence-corrected chi connectivity index (χ2v) is 4.63. The summed E-state index contributed by atoms with van der Waals surface area (Å²) in [6.45, 7) is 0.680. The predicted octanol–water partition coefficient (Wildman–Crippen LogP) is 2.20. The highest BCUT2D eigenvalue weighted by Crippen LogP contribution is 2.30. The second kappa shape index (κ2) is 5.79. The van der Waals surface area contributed by atoms with Crippen LogP contribution in [0.25, 0.3) is 0 Å². The number of rotatable bonds is 3. The lowest BCUT2D eigenvalue weighted by atomic mass is 10.0. The summed E-state index contributed by atoms with van der Waals surface area (Å²) in [6, 6.07) is 4.79. The normalized spacial score (nSPS) is 24.2. The minimum Gasteiger partial charge on any atom is -0.489 e. The number of aliphatic hydroxyl groups is 1. The van der Waals surface area contributed by atoms with Gasteiger partial charge >= 0.3 is 6.18 Å². The number of nitrogens with one attached hydrogen (secondary N) is 1. The molecule has 2 atom stereocenters. The van der Waals surface area contributed by atoms with E-state index in [9.17, 15) is 13.2 Å². The van der Waals surface area contributed by atoms with E-state index in [1.807, 2.05) is 0 Å². The van der Waals surface area contributed by atoms with Gasteiger partial charge in [-0.3, -0.25) is 0 Å². The van der Waals surface area contributed by atoms with Gasteiger partial charge in [-0.2, -0.15) is 13.2 Å². The fraction of sp³-hybridized carbons (Fsp3) is 0.538. The highest BCUT2D eigenvalue weighted by Gasteiger charge is 2.30. The van der Waals surface area contributed by atoms with E-state index in [1.165, 1.54) is 12.1 Å². The fourth-order valence-corrected chi connectivity index (χ4v) is 2.06. The fourth-order valence-electron chi connectivity index (χ4n) is 2.06.